The summed E-state index contributed by atoms with van der Waals surface area (Å²) in [6.07, 6.45) is 0. The highest BCUT2D eigenvalue weighted by atomic mass is 32.2. The molecule has 0 aliphatic heterocycles. The van der Waals surface area contributed by atoms with Gasteiger partial charge in [0.25, 0.3) is 0 Å². The van der Waals surface area contributed by atoms with Crippen LogP contribution in [0.2, 0.25) is 0 Å². The van der Waals surface area contributed by atoms with E-state index < -0.39 is 42.4 Å². The molecule has 0 saturated carbocycles. The lowest BCUT2D eigenvalue weighted by molar-refractivity contribution is -0.432. The normalized spacial score (nSPS) is 11.8. The first-order valence-electron chi connectivity index (χ1n) is 24.0. The Morgan fingerprint density at radius 1 is 0.378 bits per heavy atom. The fourth-order valence-electron chi connectivity index (χ4n) is 7.04. The fourth-order valence-corrected chi connectivity index (χ4v) is 11.3. The van der Waals surface area contributed by atoms with E-state index in [1.807, 2.05) is 83.1 Å². The van der Waals surface area contributed by atoms with Crippen LogP contribution in [-0.2, 0) is 61.1 Å². The van der Waals surface area contributed by atoms with Gasteiger partial charge in [0, 0.05) is 38.1 Å². The quantitative estimate of drug-likeness (QED) is 0.0204. The molecule has 0 aliphatic rings. The minimum absolute atomic E-state index is 0.0133. The van der Waals surface area contributed by atoms with Crippen LogP contribution in [0.15, 0.2) is 199 Å². The van der Waals surface area contributed by atoms with Gasteiger partial charge in [-0.15, -0.1) is 8.67 Å². The second kappa shape index (κ2) is 31.1. The van der Waals surface area contributed by atoms with Crippen molar-refractivity contribution in [2.45, 2.75) is 84.8 Å². The van der Waals surface area contributed by atoms with Crippen LogP contribution in [0.25, 0.3) is 0 Å². The number of carbonyl (C=O) groups excluding carboxylic acids is 2. The molecule has 0 radical (unpaired) electrons. The third-order valence-corrected chi connectivity index (χ3v) is 17.4. The molecule has 8 aromatic carbocycles. The average Bonchev–Trinajstić information content (AvgIpc) is 3.49. The summed E-state index contributed by atoms with van der Waals surface area (Å²) in [5.41, 5.74) is 9.29. The summed E-state index contributed by atoms with van der Waals surface area (Å²) < 4.78 is 108. The van der Waals surface area contributed by atoms with Crippen molar-refractivity contribution < 1.29 is 81.6 Å². The molecule has 0 spiro atoms. The van der Waals surface area contributed by atoms with Crippen LogP contribution in [0, 0.1) is 55.4 Å². The van der Waals surface area contributed by atoms with Crippen LogP contribution < -0.4 is 8.37 Å². The lowest BCUT2D eigenvalue weighted by Crippen LogP contribution is -2.05. The maximum Gasteiger partial charge on any atom is 0.357 e. The summed E-state index contributed by atoms with van der Waals surface area (Å²) in [5, 5.41) is 23.5. The summed E-state index contributed by atoms with van der Waals surface area (Å²) in [6.45, 7) is 14.7. The highest BCUT2D eigenvalue weighted by Gasteiger charge is 2.22. The van der Waals surface area contributed by atoms with Crippen molar-refractivity contribution in [3.8, 4) is 11.5 Å². The predicted octanol–water partition coefficient (Wildman–Crippen LogP) is 13.2. The second-order valence-corrected chi connectivity index (χ2v) is 24.5. The summed E-state index contributed by atoms with van der Waals surface area (Å²) in [7, 11) is -7.28. The van der Waals surface area contributed by atoms with Gasteiger partial charge >= 0.3 is 22.7 Å². The molecule has 2 unspecified atom stereocenters. The van der Waals surface area contributed by atoms with Crippen molar-refractivity contribution in [3.05, 3.63) is 237 Å². The van der Waals surface area contributed by atoms with Gasteiger partial charge in [-0.2, -0.15) is 8.42 Å². The fraction of sp³-hybridized carbons (Fsp3) is 0.138. The average molecular weight is 1230 g/mol. The molecule has 0 amide bonds. The smallest absolute Gasteiger partial charge is 0.357 e. The molecular weight excluding hydrogens is 1180 g/mol. The third-order valence-electron chi connectivity index (χ3n) is 11.8. The van der Waals surface area contributed by atoms with Gasteiger partial charge in [0.2, 0.25) is 19.7 Å². The van der Waals surface area contributed by atoms with Gasteiger partial charge in [0.05, 0.1) is 43.7 Å². The standard InChI is InChI=1S/C15H14O7S2.C15H14O.C14H14O8S3.C14H14O2S/c1-9-3-5-11(7-13(9)20-24(18)19)15(16)12-6-4-10(2)14(8-12)23-22-21-17;1-11-3-7-13(8-4-11)15(16)14-9-5-12(2)6-10-14;1-9-3-5-11(7-13(9)20-24(16)17)25(18,19)12-6-4-10(2)14(8-12)23-22-21-15;1-11-3-7-13(8-4-11)17(15,16)14-9-5-12(2)6-10-14/h3-8,17H,1-2H3,(H,18,19);3-10H,1-2H3;3-8,15H,1-2H3,(H,16,17);3-10H,1-2H3. The van der Waals surface area contributed by atoms with Gasteiger partial charge in [0.1, 0.15) is 11.5 Å². The van der Waals surface area contributed by atoms with Crippen molar-refractivity contribution in [3.63, 3.8) is 0 Å². The first kappa shape index (κ1) is 66.1. The number of benzene rings is 8. The zero-order valence-corrected chi connectivity index (χ0v) is 50.0. The van der Waals surface area contributed by atoms with E-state index in [1.54, 1.807) is 106 Å². The van der Waals surface area contributed by atoms with Crippen LogP contribution in [0.3, 0.4) is 0 Å². The summed E-state index contributed by atoms with van der Waals surface area (Å²) in [5.74, 6) is -0.0728. The van der Waals surface area contributed by atoms with Gasteiger partial charge in [-0.25, -0.2) is 27.4 Å². The van der Waals surface area contributed by atoms with Crippen molar-refractivity contribution in [2.75, 3.05) is 0 Å². The Labute approximate surface area is 489 Å². The van der Waals surface area contributed by atoms with Crippen molar-refractivity contribution in [1.29, 1.82) is 0 Å². The van der Waals surface area contributed by atoms with E-state index in [1.165, 1.54) is 47.5 Å². The zero-order chi connectivity index (χ0) is 60.3. The molecule has 24 heteroatoms. The van der Waals surface area contributed by atoms with E-state index in [0.717, 1.165) is 39.9 Å². The van der Waals surface area contributed by atoms with E-state index in [-0.39, 0.29) is 32.9 Å². The largest absolute Gasteiger partial charge is 0.380 e. The molecule has 0 bridgehead atoms. The molecule has 8 aromatic rings. The Morgan fingerprint density at radius 2 is 0.671 bits per heavy atom. The molecule has 18 nitrogen and oxygen atoms in total. The molecule has 0 aromatic heterocycles. The summed E-state index contributed by atoms with van der Waals surface area (Å²) in [4.78, 5) is 26.3. The molecule has 0 aliphatic carbocycles. The van der Waals surface area contributed by atoms with Crippen LogP contribution >= 0.6 is 24.1 Å². The summed E-state index contributed by atoms with van der Waals surface area (Å²) in [6, 6.07) is 47.1. The minimum Gasteiger partial charge on any atom is -0.380 e. The van der Waals surface area contributed by atoms with Crippen molar-refractivity contribution >= 4 is 78.0 Å². The molecule has 0 heterocycles. The molecule has 8 rings (SSSR count). The topological polar surface area (TPSA) is 273 Å². The minimum atomic E-state index is -3.91. The van der Waals surface area contributed by atoms with Crippen molar-refractivity contribution in [1.82, 2.24) is 0 Å². The molecular formula is C58H56O18S6. The monoisotopic (exact) mass is 1230 g/mol. The van der Waals surface area contributed by atoms with Crippen LogP contribution in [0.5, 0.6) is 11.5 Å². The highest BCUT2D eigenvalue weighted by molar-refractivity contribution is 7.95. The maximum absolute atomic E-state index is 12.8. The first-order chi connectivity index (χ1) is 38.8. The number of aryl methyl sites for hydroxylation is 8. The highest BCUT2D eigenvalue weighted by Crippen LogP contribution is 2.32. The lowest BCUT2D eigenvalue weighted by atomic mass is 10.0. The van der Waals surface area contributed by atoms with Crippen LogP contribution in [0.4, 0.5) is 0 Å². The molecule has 2 atom stereocenters. The predicted molar refractivity (Wildman–Crippen MR) is 311 cm³/mol. The molecule has 4 N–H and O–H groups in total. The van der Waals surface area contributed by atoms with E-state index >= 15 is 0 Å². The molecule has 0 fully saturated rings. The van der Waals surface area contributed by atoms with Gasteiger partial charge in [-0.05, 0) is 132 Å². The Kier molecular flexibility index (Phi) is 25.1. The lowest BCUT2D eigenvalue weighted by Gasteiger charge is -2.10. The molecule has 82 heavy (non-hydrogen) atoms. The Balaban J connectivity index is 0.000000204. The summed E-state index contributed by atoms with van der Waals surface area (Å²) >= 11 is -3.62. The SMILES string of the molecule is Cc1ccc(C(=O)c2ccc(C)c(SOOO)c2)cc1OS(=O)O.Cc1ccc(C(=O)c2ccc(C)cc2)cc1.Cc1ccc(S(=O)(=O)c2ccc(C)c(SOOO)c2)cc1OS(=O)O.Cc1ccc(S(=O)(=O)c2ccc(C)cc2)cc1. The van der Waals surface area contributed by atoms with E-state index in [9.17, 15) is 34.8 Å². The van der Waals surface area contributed by atoms with Gasteiger partial charge < -0.3 is 8.37 Å². The first-order valence-corrected chi connectivity index (χ1v) is 30.5. The van der Waals surface area contributed by atoms with E-state index in [2.05, 4.69) is 18.7 Å². The zero-order valence-electron chi connectivity index (χ0n) is 45.1. The van der Waals surface area contributed by atoms with Crippen LogP contribution in [0.1, 0.15) is 76.4 Å². The number of carbonyl (C=O) groups is 2. The Morgan fingerprint density at radius 3 is 1.09 bits per heavy atom. The second-order valence-electron chi connectivity index (χ2n) is 17.9. The number of ketones is 2. The Hall–Kier alpha value is -6.72. The Bertz CT molecular complexity index is 3660. The van der Waals surface area contributed by atoms with E-state index in [0.29, 0.717) is 59.4 Å². The number of hydrogen-bond acceptors (Lipinski definition) is 18. The van der Waals surface area contributed by atoms with Crippen LogP contribution in [-0.4, -0.2) is 56.4 Å². The van der Waals surface area contributed by atoms with Gasteiger partial charge in [-0.1, -0.05) is 142 Å². The number of sulfone groups is 2. The van der Waals surface area contributed by atoms with Gasteiger partial charge in [0.15, 0.2) is 11.6 Å². The number of hydrogen-bond donors (Lipinski definition) is 4. The third kappa shape index (κ3) is 19.2. The number of rotatable bonds is 18. The molecule has 432 valence electrons. The van der Waals surface area contributed by atoms with Crippen molar-refractivity contribution in [2.24, 2.45) is 0 Å². The molecule has 0 saturated heterocycles. The maximum atomic E-state index is 12.8. The van der Waals surface area contributed by atoms with E-state index in [4.69, 9.17) is 28.0 Å². The van der Waals surface area contributed by atoms with Gasteiger partial charge in [-0.3, -0.25) is 18.7 Å².